The van der Waals surface area contributed by atoms with Crippen molar-refractivity contribution in [3.05, 3.63) is 36.3 Å². The van der Waals surface area contributed by atoms with Gasteiger partial charge in [-0.05, 0) is 24.3 Å². The lowest BCUT2D eigenvalue weighted by atomic mass is 10.2. The molecule has 1 aliphatic heterocycles. The highest BCUT2D eigenvalue weighted by Crippen LogP contribution is 2.27. The van der Waals surface area contributed by atoms with Crippen LogP contribution in [0.4, 0.5) is 9.52 Å². The van der Waals surface area contributed by atoms with E-state index in [4.69, 9.17) is 0 Å². The molecule has 0 aliphatic carbocycles. The summed E-state index contributed by atoms with van der Waals surface area (Å²) in [5.74, 6) is -0.0691. The number of hydrogen-bond donors (Lipinski definition) is 0. The lowest BCUT2D eigenvalue weighted by Crippen LogP contribution is -2.47. The zero-order valence-electron chi connectivity index (χ0n) is 14.9. The SMILES string of the molecule is CS(=O)(=O)CCN1CCN(c2nn3cc(-c4ccc(F)cc4)nc3s2)CC1. The quantitative estimate of drug-likeness (QED) is 0.640. The summed E-state index contributed by atoms with van der Waals surface area (Å²) in [5, 5.41) is 5.53. The molecule has 1 saturated heterocycles. The van der Waals surface area contributed by atoms with Gasteiger partial charge in [-0.2, -0.15) is 0 Å². The summed E-state index contributed by atoms with van der Waals surface area (Å²) in [7, 11) is -2.93. The molecule has 4 rings (SSSR count). The van der Waals surface area contributed by atoms with Gasteiger partial charge in [0.25, 0.3) is 0 Å². The van der Waals surface area contributed by atoms with E-state index in [0.717, 1.165) is 47.5 Å². The van der Waals surface area contributed by atoms with Crippen LogP contribution >= 0.6 is 11.3 Å². The predicted octanol–water partition coefficient (Wildman–Crippen LogP) is 1.76. The van der Waals surface area contributed by atoms with Crippen LogP contribution in [0.25, 0.3) is 16.2 Å². The molecule has 0 saturated carbocycles. The summed E-state index contributed by atoms with van der Waals surface area (Å²) in [6.45, 7) is 3.84. The Morgan fingerprint density at radius 3 is 2.48 bits per heavy atom. The average Bonchev–Trinajstić information content (AvgIpc) is 3.19. The Hall–Kier alpha value is -2.04. The van der Waals surface area contributed by atoms with Gasteiger partial charge in [-0.15, -0.1) is 5.10 Å². The lowest BCUT2D eigenvalue weighted by Gasteiger charge is -2.34. The molecule has 0 bridgehead atoms. The zero-order valence-corrected chi connectivity index (χ0v) is 16.5. The largest absolute Gasteiger partial charge is 0.344 e. The van der Waals surface area contributed by atoms with E-state index in [1.54, 1.807) is 16.6 Å². The van der Waals surface area contributed by atoms with Gasteiger partial charge in [0.15, 0.2) is 0 Å². The van der Waals surface area contributed by atoms with Crippen molar-refractivity contribution in [1.29, 1.82) is 0 Å². The Bertz CT molecular complexity index is 1010. The van der Waals surface area contributed by atoms with Crippen molar-refractivity contribution in [3.8, 4) is 11.3 Å². The third-order valence-electron chi connectivity index (χ3n) is 4.59. The third kappa shape index (κ3) is 4.28. The standard InChI is InChI=1S/C17H20FN5O2S2/c1-27(24,25)11-10-21-6-8-22(9-7-21)17-20-23-12-15(19-16(23)26-17)13-2-4-14(18)5-3-13/h2-5,12H,6-11H2,1H3. The highest BCUT2D eigenvalue weighted by atomic mass is 32.2. The van der Waals surface area contributed by atoms with Gasteiger partial charge in [-0.3, -0.25) is 4.90 Å². The second kappa shape index (κ2) is 7.17. The minimum atomic E-state index is -2.93. The van der Waals surface area contributed by atoms with Crippen molar-refractivity contribution >= 4 is 31.3 Å². The molecule has 10 heteroatoms. The van der Waals surface area contributed by atoms with Crippen LogP contribution in [0.2, 0.25) is 0 Å². The Kier molecular flexibility index (Phi) is 4.87. The van der Waals surface area contributed by atoms with Crippen molar-refractivity contribution in [2.24, 2.45) is 0 Å². The summed E-state index contributed by atoms with van der Waals surface area (Å²) < 4.78 is 37.4. The lowest BCUT2D eigenvalue weighted by molar-refractivity contribution is 0.272. The van der Waals surface area contributed by atoms with E-state index in [2.05, 4.69) is 19.9 Å². The third-order valence-corrected chi connectivity index (χ3v) is 6.50. The molecular formula is C17H20FN5O2S2. The van der Waals surface area contributed by atoms with Gasteiger partial charge >= 0.3 is 0 Å². The molecular weight excluding hydrogens is 389 g/mol. The van der Waals surface area contributed by atoms with E-state index in [1.807, 2.05) is 6.20 Å². The molecule has 1 aliphatic rings. The van der Waals surface area contributed by atoms with Crippen molar-refractivity contribution in [2.45, 2.75) is 0 Å². The molecule has 0 radical (unpaired) electrons. The summed E-state index contributed by atoms with van der Waals surface area (Å²) in [6.07, 6.45) is 3.12. The molecule has 0 spiro atoms. The number of halogens is 1. The van der Waals surface area contributed by atoms with Crippen LogP contribution in [-0.4, -0.2) is 72.6 Å². The van der Waals surface area contributed by atoms with Crippen LogP contribution in [0.5, 0.6) is 0 Å². The topological polar surface area (TPSA) is 70.8 Å². The number of hydrogen-bond acceptors (Lipinski definition) is 7. The molecule has 144 valence electrons. The van der Waals surface area contributed by atoms with Crippen LogP contribution in [0.1, 0.15) is 0 Å². The van der Waals surface area contributed by atoms with Crippen LogP contribution in [0.15, 0.2) is 30.5 Å². The highest BCUT2D eigenvalue weighted by Gasteiger charge is 2.21. The van der Waals surface area contributed by atoms with E-state index < -0.39 is 9.84 Å². The molecule has 2 aromatic heterocycles. The number of fused-ring (bicyclic) bond motifs is 1. The minimum Gasteiger partial charge on any atom is -0.344 e. The van der Waals surface area contributed by atoms with Crippen molar-refractivity contribution in [1.82, 2.24) is 19.5 Å². The Labute approximate surface area is 161 Å². The van der Waals surface area contributed by atoms with Crippen molar-refractivity contribution < 1.29 is 12.8 Å². The Morgan fingerprint density at radius 2 is 1.85 bits per heavy atom. The molecule has 0 atom stereocenters. The van der Waals surface area contributed by atoms with Crippen molar-refractivity contribution in [2.75, 3.05) is 49.6 Å². The number of sulfone groups is 1. The Balaban J connectivity index is 1.42. The molecule has 0 unspecified atom stereocenters. The van der Waals surface area contributed by atoms with Gasteiger partial charge < -0.3 is 4.90 Å². The van der Waals surface area contributed by atoms with E-state index in [-0.39, 0.29) is 11.6 Å². The van der Waals surface area contributed by atoms with E-state index in [9.17, 15) is 12.8 Å². The van der Waals surface area contributed by atoms with Gasteiger partial charge in [-0.1, -0.05) is 11.3 Å². The van der Waals surface area contributed by atoms with Crippen LogP contribution < -0.4 is 4.90 Å². The molecule has 7 nitrogen and oxygen atoms in total. The number of aromatic nitrogens is 3. The maximum atomic E-state index is 13.1. The summed E-state index contributed by atoms with van der Waals surface area (Å²) >= 11 is 1.52. The number of nitrogens with zero attached hydrogens (tertiary/aromatic N) is 5. The second-order valence-electron chi connectivity index (χ2n) is 6.70. The average molecular weight is 410 g/mol. The molecule has 0 N–H and O–H groups in total. The van der Waals surface area contributed by atoms with Crippen LogP contribution in [0.3, 0.4) is 0 Å². The normalized spacial score (nSPS) is 16.3. The molecule has 1 aromatic carbocycles. The number of imidazole rings is 1. The summed E-state index contributed by atoms with van der Waals surface area (Å²) in [5.41, 5.74) is 1.63. The zero-order chi connectivity index (χ0) is 19.0. The van der Waals surface area contributed by atoms with Crippen LogP contribution in [-0.2, 0) is 9.84 Å². The summed E-state index contributed by atoms with van der Waals surface area (Å²) in [6, 6.07) is 6.26. The maximum absolute atomic E-state index is 13.1. The number of anilines is 1. The van der Waals surface area contributed by atoms with Gasteiger partial charge in [0.2, 0.25) is 10.1 Å². The van der Waals surface area contributed by atoms with Crippen LogP contribution in [0, 0.1) is 5.82 Å². The maximum Gasteiger partial charge on any atom is 0.214 e. The first-order chi connectivity index (χ1) is 12.9. The highest BCUT2D eigenvalue weighted by molar-refractivity contribution is 7.90. The van der Waals surface area contributed by atoms with Gasteiger partial charge in [0.1, 0.15) is 15.7 Å². The smallest absolute Gasteiger partial charge is 0.214 e. The molecule has 3 heterocycles. The van der Waals surface area contributed by atoms with Crippen molar-refractivity contribution in [3.63, 3.8) is 0 Å². The predicted molar refractivity (Wildman–Crippen MR) is 105 cm³/mol. The minimum absolute atomic E-state index is 0.199. The van der Waals surface area contributed by atoms with E-state index in [1.165, 1.54) is 29.7 Å². The fourth-order valence-electron chi connectivity index (χ4n) is 3.03. The fourth-order valence-corrected chi connectivity index (χ4v) is 4.56. The first-order valence-electron chi connectivity index (χ1n) is 8.64. The van der Waals surface area contributed by atoms with Gasteiger partial charge in [-0.25, -0.2) is 22.3 Å². The van der Waals surface area contributed by atoms with Gasteiger partial charge in [0, 0.05) is 44.5 Å². The number of piperazine rings is 1. The molecule has 3 aromatic rings. The fraction of sp³-hybridized carbons (Fsp3) is 0.412. The number of benzene rings is 1. The van der Waals surface area contributed by atoms with E-state index in [0.29, 0.717) is 6.54 Å². The molecule has 1 fully saturated rings. The van der Waals surface area contributed by atoms with E-state index >= 15 is 0 Å². The first kappa shape index (κ1) is 18.3. The molecule has 0 amide bonds. The monoisotopic (exact) mass is 409 g/mol. The Morgan fingerprint density at radius 1 is 1.15 bits per heavy atom. The summed E-state index contributed by atoms with van der Waals surface area (Å²) in [4.78, 5) is 9.76. The second-order valence-corrected chi connectivity index (χ2v) is 9.90. The molecule has 27 heavy (non-hydrogen) atoms. The first-order valence-corrected chi connectivity index (χ1v) is 11.5. The van der Waals surface area contributed by atoms with Gasteiger partial charge in [0.05, 0.1) is 17.6 Å². The number of rotatable bonds is 5.